The largest absolute Gasteiger partial charge is 0.392 e. The summed E-state index contributed by atoms with van der Waals surface area (Å²) in [6.45, 7) is 3.15. The summed E-state index contributed by atoms with van der Waals surface area (Å²) in [6, 6.07) is 6.94. The number of ether oxygens (including phenoxy) is 1. The van der Waals surface area contributed by atoms with Crippen molar-refractivity contribution in [2.45, 2.75) is 75.2 Å². The first-order valence-corrected chi connectivity index (χ1v) is 15.0. The summed E-state index contributed by atoms with van der Waals surface area (Å²) in [6.07, 6.45) is 7.55. The zero-order chi connectivity index (χ0) is 27.7. The number of nitrogens with one attached hydrogen (secondary N) is 1. The Balaban J connectivity index is 1.04. The molecule has 2 atom stereocenters. The van der Waals surface area contributed by atoms with Crippen LogP contribution in [-0.2, 0) is 22.5 Å². The summed E-state index contributed by atoms with van der Waals surface area (Å²) in [5, 5.41) is 14.3. The molecule has 0 saturated carbocycles. The summed E-state index contributed by atoms with van der Waals surface area (Å²) < 4.78 is 5.46. The van der Waals surface area contributed by atoms with Crippen LogP contribution in [0.25, 0.3) is 10.9 Å². The van der Waals surface area contributed by atoms with Crippen LogP contribution in [0.15, 0.2) is 24.4 Å². The van der Waals surface area contributed by atoms with Gasteiger partial charge in [0.25, 0.3) is 0 Å². The Morgan fingerprint density at radius 2 is 1.90 bits per heavy atom. The zero-order valence-electron chi connectivity index (χ0n) is 23.4. The van der Waals surface area contributed by atoms with Gasteiger partial charge in [0.1, 0.15) is 11.3 Å². The van der Waals surface area contributed by atoms with Crippen molar-refractivity contribution >= 4 is 34.4 Å². The monoisotopic (exact) mass is 556 g/mol. The number of hydrogen-bond acceptors (Lipinski definition) is 10. The van der Waals surface area contributed by atoms with Gasteiger partial charge in [-0.1, -0.05) is 6.07 Å². The number of likely N-dealkylation sites (N-methyl/N-ethyl adjacent to an activating group) is 1. The number of hydrogen-bond donors (Lipinski definition) is 2. The number of rotatable bonds is 5. The molecule has 2 N–H and O–H groups in total. The van der Waals surface area contributed by atoms with Gasteiger partial charge in [-0.25, -0.2) is 19.9 Å². The third-order valence-electron chi connectivity index (χ3n) is 9.73. The molecule has 41 heavy (non-hydrogen) atoms. The van der Waals surface area contributed by atoms with E-state index in [-0.39, 0.29) is 11.9 Å². The molecular weight excluding hydrogens is 520 g/mol. The maximum atomic E-state index is 13.1. The maximum Gasteiger partial charge on any atom is 0.240 e. The average molecular weight is 557 g/mol. The maximum absolute atomic E-state index is 13.1. The van der Waals surface area contributed by atoms with E-state index < -0.39 is 6.10 Å². The van der Waals surface area contributed by atoms with Crippen LogP contribution in [0, 0.1) is 0 Å². The Morgan fingerprint density at radius 3 is 2.61 bits per heavy atom. The smallest absolute Gasteiger partial charge is 0.240 e. The number of nitrogens with zero attached hydrogens (tertiary/aromatic N) is 7. The van der Waals surface area contributed by atoms with Crippen LogP contribution in [0.1, 0.15) is 55.0 Å². The molecule has 0 aliphatic carbocycles. The van der Waals surface area contributed by atoms with E-state index in [1.165, 1.54) is 25.7 Å². The summed E-state index contributed by atoms with van der Waals surface area (Å²) in [5.41, 5.74) is 4.01. The van der Waals surface area contributed by atoms with Crippen molar-refractivity contribution in [3.63, 3.8) is 0 Å². The normalized spacial score (nSPS) is 27.9. The highest BCUT2D eigenvalue weighted by molar-refractivity contribution is 5.90. The van der Waals surface area contributed by atoms with Gasteiger partial charge in [-0.2, -0.15) is 0 Å². The second kappa shape index (κ2) is 9.85. The third kappa shape index (κ3) is 4.41. The molecule has 8 heterocycles. The molecule has 0 spiro atoms. The number of carbonyl (C=O) groups is 1. The van der Waals surface area contributed by atoms with E-state index in [2.05, 4.69) is 21.3 Å². The second-order valence-electron chi connectivity index (χ2n) is 12.4. The number of fused-ring (bicyclic) bond motifs is 4. The standard InChI is InChI=1S/C30H36N8O3/c1-36-14-22(39)11-25(36)29(40)37-9-8-23-17(13-37)2-7-26(32-23)34-30-31-12-18-10-24(19-15-41-16-19)33-28(27(18)35-30)38-20-3-4-21(38)6-5-20/h2,7,10,12,19-22,25,39H,3-6,8-9,11,13-16H2,1H3,(H,31,32,34,35)/t20?,21?,22-,25+/m1/s1. The second-order valence-corrected chi connectivity index (χ2v) is 12.4. The van der Waals surface area contributed by atoms with Gasteiger partial charge in [0.15, 0.2) is 5.82 Å². The summed E-state index contributed by atoms with van der Waals surface area (Å²) in [4.78, 5) is 39.2. The van der Waals surface area contributed by atoms with Crippen LogP contribution in [0.4, 0.5) is 17.6 Å². The molecule has 1 amide bonds. The highest BCUT2D eigenvalue weighted by Crippen LogP contribution is 2.43. The van der Waals surface area contributed by atoms with Gasteiger partial charge in [0.2, 0.25) is 11.9 Å². The van der Waals surface area contributed by atoms with Crippen molar-refractivity contribution in [2.75, 3.05) is 43.6 Å². The quantitative estimate of drug-likeness (QED) is 0.485. The molecule has 0 unspecified atom stereocenters. The van der Waals surface area contributed by atoms with E-state index in [4.69, 9.17) is 19.7 Å². The lowest BCUT2D eigenvalue weighted by atomic mass is 10.0. The van der Waals surface area contributed by atoms with Crippen LogP contribution < -0.4 is 10.2 Å². The molecule has 4 saturated heterocycles. The van der Waals surface area contributed by atoms with Crippen LogP contribution in [0.5, 0.6) is 0 Å². The number of aromatic nitrogens is 4. The number of β-amino-alcohol motifs (C(OH)–C–C–N with tert-alkyl or cyclic N) is 1. The van der Waals surface area contributed by atoms with Gasteiger partial charge < -0.3 is 25.0 Å². The van der Waals surface area contributed by atoms with E-state index in [0.29, 0.717) is 62.2 Å². The fraction of sp³-hybridized carbons (Fsp3) is 0.567. The molecule has 5 aliphatic heterocycles. The van der Waals surface area contributed by atoms with Crippen molar-refractivity contribution in [2.24, 2.45) is 0 Å². The lowest BCUT2D eigenvalue weighted by Gasteiger charge is -2.32. The average Bonchev–Trinajstić information content (AvgIpc) is 3.64. The van der Waals surface area contributed by atoms with Gasteiger partial charge in [-0.15, -0.1) is 0 Å². The molecule has 5 aliphatic rings. The lowest BCUT2D eigenvalue weighted by molar-refractivity contribution is -0.136. The fourth-order valence-electron chi connectivity index (χ4n) is 7.42. The number of amides is 1. The van der Waals surface area contributed by atoms with Gasteiger partial charge in [0.05, 0.1) is 31.1 Å². The van der Waals surface area contributed by atoms with Crippen molar-refractivity contribution in [3.05, 3.63) is 41.3 Å². The molecule has 0 radical (unpaired) electrons. The molecule has 214 valence electrons. The topological polar surface area (TPSA) is 120 Å². The van der Waals surface area contributed by atoms with Gasteiger partial charge in [-0.05, 0) is 56.8 Å². The van der Waals surface area contributed by atoms with Crippen molar-refractivity contribution in [3.8, 4) is 0 Å². The fourth-order valence-corrected chi connectivity index (χ4v) is 7.42. The number of aliphatic hydroxyl groups is 1. The third-order valence-corrected chi connectivity index (χ3v) is 9.73. The van der Waals surface area contributed by atoms with Crippen LogP contribution in [0.2, 0.25) is 0 Å². The summed E-state index contributed by atoms with van der Waals surface area (Å²) in [7, 11) is 1.90. The molecule has 0 aromatic carbocycles. The van der Waals surface area contributed by atoms with Gasteiger partial charge in [0, 0.05) is 61.3 Å². The van der Waals surface area contributed by atoms with E-state index >= 15 is 0 Å². The minimum Gasteiger partial charge on any atom is -0.392 e. The van der Waals surface area contributed by atoms with Crippen LogP contribution in [-0.4, -0.2) is 98.3 Å². The Morgan fingerprint density at radius 1 is 1.10 bits per heavy atom. The first-order chi connectivity index (χ1) is 20.0. The number of anilines is 3. The Kier molecular flexibility index (Phi) is 6.08. The van der Waals surface area contributed by atoms with E-state index in [1.54, 1.807) is 0 Å². The van der Waals surface area contributed by atoms with Crippen molar-refractivity contribution in [1.29, 1.82) is 0 Å². The Bertz CT molecular complexity index is 1490. The predicted molar refractivity (Wildman–Crippen MR) is 153 cm³/mol. The molecule has 11 nitrogen and oxygen atoms in total. The SMILES string of the molecule is CN1C[C@H](O)C[C@H]1C(=O)N1CCc2nc(Nc3ncc4cc(C5COC5)nc(N5C6CCC5CC6)c4n3)ccc2C1. The number of likely N-dealkylation sites (tertiary alicyclic amines) is 1. The first-order valence-electron chi connectivity index (χ1n) is 15.0. The molecule has 3 aromatic rings. The molecule has 4 fully saturated rings. The van der Waals surface area contributed by atoms with E-state index in [1.807, 2.05) is 35.2 Å². The van der Waals surface area contributed by atoms with E-state index in [9.17, 15) is 9.90 Å². The number of carbonyl (C=O) groups excluding carboxylic acids is 1. The number of pyridine rings is 2. The van der Waals surface area contributed by atoms with E-state index in [0.717, 1.165) is 46.9 Å². The highest BCUT2D eigenvalue weighted by Gasteiger charge is 2.41. The molecule has 3 aromatic heterocycles. The molecule has 8 rings (SSSR count). The van der Waals surface area contributed by atoms with Crippen LogP contribution in [0.3, 0.4) is 0 Å². The molecule has 2 bridgehead atoms. The lowest BCUT2D eigenvalue weighted by Crippen LogP contribution is -2.46. The summed E-state index contributed by atoms with van der Waals surface area (Å²) >= 11 is 0. The summed E-state index contributed by atoms with van der Waals surface area (Å²) in [5.74, 6) is 2.62. The first kappa shape index (κ1) is 25.3. The Hall–Kier alpha value is -3.41. The van der Waals surface area contributed by atoms with Gasteiger partial charge in [-0.3, -0.25) is 9.69 Å². The minimum absolute atomic E-state index is 0.0882. The van der Waals surface area contributed by atoms with Crippen molar-refractivity contribution in [1.82, 2.24) is 29.7 Å². The van der Waals surface area contributed by atoms with Crippen molar-refractivity contribution < 1.29 is 14.6 Å². The Labute approximate surface area is 238 Å². The molecular formula is C30H36N8O3. The number of aliphatic hydroxyl groups excluding tert-OH is 1. The minimum atomic E-state index is -0.435. The molecule has 11 heteroatoms. The predicted octanol–water partition coefficient (Wildman–Crippen LogP) is 2.36. The van der Waals surface area contributed by atoms with Crippen LogP contribution >= 0.6 is 0 Å². The highest BCUT2D eigenvalue weighted by atomic mass is 16.5. The van der Waals surface area contributed by atoms with Gasteiger partial charge >= 0.3 is 0 Å². The zero-order valence-corrected chi connectivity index (χ0v) is 23.4.